The Morgan fingerprint density at radius 2 is 1.91 bits per heavy atom. The van der Waals surface area contributed by atoms with Crippen LogP contribution in [0.15, 0.2) is 36.4 Å². The van der Waals surface area contributed by atoms with Gasteiger partial charge in [0.1, 0.15) is 11.5 Å². The average molecular weight is 332 g/mol. The van der Waals surface area contributed by atoms with Crippen molar-refractivity contribution in [2.24, 2.45) is 0 Å². The molecule has 23 heavy (non-hydrogen) atoms. The number of amides is 1. The first kappa shape index (κ1) is 15.7. The molecule has 1 aliphatic rings. The third-order valence-corrected chi connectivity index (χ3v) is 4.20. The van der Waals surface area contributed by atoms with Crippen LogP contribution in [-0.4, -0.2) is 19.6 Å². The maximum atomic E-state index is 12.0. The van der Waals surface area contributed by atoms with Gasteiger partial charge in [0.2, 0.25) is 0 Å². The molecule has 0 heterocycles. The number of fused-ring (bicyclic) bond motifs is 1. The lowest BCUT2D eigenvalue weighted by molar-refractivity contribution is -0.118. The number of methoxy groups -OCH3 is 1. The molecule has 3 rings (SSSR count). The molecule has 120 valence electrons. The molecule has 4 nitrogen and oxygen atoms in total. The van der Waals surface area contributed by atoms with Crippen LogP contribution in [0.1, 0.15) is 17.5 Å². The van der Waals surface area contributed by atoms with Crippen LogP contribution < -0.4 is 14.8 Å². The zero-order valence-electron chi connectivity index (χ0n) is 12.9. The minimum atomic E-state index is -0.252. The molecule has 1 N–H and O–H groups in total. The largest absolute Gasteiger partial charge is 0.497 e. The Balaban J connectivity index is 1.57. The molecule has 0 atom stereocenters. The highest BCUT2D eigenvalue weighted by molar-refractivity contribution is 6.33. The molecule has 0 saturated heterocycles. The zero-order chi connectivity index (χ0) is 16.2. The molecule has 0 aliphatic heterocycles. The van der Waals surface area contributed by atoms with E-state index in [2.05, 4.69) is 11.4 Å². The Labute approximate surface area is 140 Å². The standard InChI is InChI=1S/C18H18ClNO3/c1-22-14-7-8-17(16(19)10-14)20-18(21)11-23-15-6-5-12-3-2-4-13(12)9-15/h5-10H,2-4,11H2,1H3,(H,20,21). The monoisotopic (exact) mass is 331 g/mol. The highest BCUT2D eigenvalue weighted by atomic mass is 35.5. The molecule has 1 aliphatic carbocycles. The van der Waals surface area contributed by atoms with E-state index in [1.165, 1.54) is 17.5 Å². The van der Waals surface area contributed by atoms with Crippen LogP contribution in [0.3, 0.4) is 0 Å². The number of halogens is 1. The van der Waals surface area contributed by atoms with E-state index in [1.54, 1.807) is 25.3 Å². The van der Waals surface area contributed by atoms with Crippen LogP contribution in [0.25, 0.3) is 0 Å². The second-order valence-corrected chi connectivity index (χ2v) is 5.87. The number of nitrogens with one attached hydrogen (secondary N) is 1. The number of benzene rings is 2. The van der Waals surface area contributed by atoms with Crippen molar-refractivity contribution in [2.45, 2.75) is 19.3 Å². The summed E-state index contributed by atoms with van der Waals surface area (Å²) in [5.41, 5.74) is 3.24. The van der Waals surface area contributed by atoms with Crippen molar-refractivity contribution in [3.63, 3.8) is 0 Å². The fourth-order valence-corrected chi connectivity index (χ4v) is 2.92. The van der Waals surface area contributed by atoms with Gasteiger partial charge < -0.3 is 14.8 Å². The van der Waals surface area contributed by atoms with Crippen molar-refractivity contribution >= 4 is 23.2 Å². The van der Waals surface area contributed by atoms with Crippen molar-refractivity contribution < 1.29 is 14.3 Å². The maximum absolute atomic E-state index is 12.0. The van der Waals surface area contributed by atoms with Gasteiger partial charge in [-0.3, -0.25) is 4.79 Å². The van der Waals surface area contributed by atoms with E-state index in [9.17, 15) is 4.79 Å². The summed E-state index contributed by atoms with van der Waals surface area (Å²) < 4.78 is 10.6. The molecule has 0 aromatic heterocycles. The van der Waals surface area contributed by atoms with Gasteiger partial charge in [0.25, 0.3) is 5.91 Å². The van der Waals surface area contributed by atoms with Gasteiger partial charge in [0.05, 0.1) is 17.8 Å². The summed E-state index contributed by atoms with van der Waals surface area (Å²) >= 11 is 6.10. The molecule has 2 aromatic rings. The normalized spacial score (nSPS) is 12.6. The lowest BCUT2D eigenvalue weighted by atomic mass is 10.1. The van der Waals surface area contributed by atoms with E-state index in [4.69, 9.17) is 21.1 Å². The second kappa shape index (κ2) is 6.92. The van der Waals surface area contributed by atoms with Crippen LogP contribution in [0.2, 0.25) is 5.02 Å². The second-order valence-electron chi connectivity index (χ2n) is 5.47. The quantitative estimate of drug-likeness (QED) is 0.905. The van der Waals surface area contributed by atoms with Crippen LogP contribution in [0.4, 0.5) is 5.69 Å². The van der Waals surface area contributed by atoms with Crippen molar-refractivity contribution in [3.05, 3.63) is 52.5 Å². The number of hydrogen-bond acceptors (Lipinski definition) is 3. The fourth-order valence-electron chi connectivity index (χ4n) is 2.70. The van der Waals surface area contributed by atoms with E-state index in [-0.39, 0.29) is 12.5 Å². The minimum absolute atomic E-state index is 0.0544. The van der Waals surface area contributed by atoms with Gasteiger partial charge in [-0.05, 0) is 54.7 Å². The first-order chi connectivity index (χ1) is 11.2. The number of anilines is 1. The molecule has 1 amide bonds. The lowest BCUT2D eigenvalue weighted by Gasteiger charge is -2.10. The molecule has 0 unspecified atom stereocenters. The van der Waals surface area contributed by atoms with Crippen molar-refractivity contribution in [3.8, 4) is 11.5 Å². The molecule has 0 saturated carbocycles. The SMILES string of the molecule is COc1ccc(NC(=O)COc2ccc3c(c2)CCC3)c(Cl)c1. The van der Waals surface area contributed by atoms with Crippen molar-refractivity contribution in [1.82, 2.24) is 0 Å². The number of carbonyl (C=O) groups excluding carboxylic acids is 1. The molecule has 2 aromatic carbocycles. The van der Waals surface area contributed by atoms with Gasteiger partial charge >= 0.3 is 0 Å². The summed E-state index contributed by atoms with van der Waals surface area (Å²) in [4.78, 5) is 12.0. The van der Waals surface area contributed by atoms with E-state index in [0.29, 0.717) is 16.5 Å². The number of carbonyl (C=O) groups is 1. The summed E-state index contributed by atoms with van der Waals surface area (Å²) in [5.74, 6) is 1.11. The van der Waals surface area contributed by atoms with Crippen molar-refractivity contribution in [2.75, 3.05) is 19.0 Å². The van der Waals surface area contributed by atoms with Crippen LogP contribution in [-0.2, 0) is 17.6 Å². The van der Waals surface area contributed by atoms with Crippen molar-refractivity contribution in [1.29, 1.82) is 0 Å². The fraction of sp³-hybridized carbons (Fsp3) is 0.278. The summed E-state index contributed by atoms with van der Waals surface area (Å²) in [7, 11) is 1.56. The predicted octanol–water partition coefficient (Wildman–Crippen LogP) is 3.85. The smallest absolute Gasteiger partial charge is 0.262 e. The summed E-state index contributed by atoms with van der Waals surface area (Å²) in [6, 6.07) is 11.1. The first-order valence-corrected chi connectivity index (χ1v) is 7.91. The summed E-state index contributed by atoms with van der Waals surface area (Å²) in [5, 5.41) is 3.16. The lowest BCUT2D eigenvalue weighted by Crippen LogP contribution is -2.20. The average Bonchev–Trinajstić information content (AvgIpc) is 3.02. The van der Waals surface area contributed by atoms with Gasteiger partial charge in [-0.15, -0.1) is 0 Å². The van der Waals surface area contributed by atoms with E-state index < -0.39 is 0 Å². The Hall–Kier alpha value is -2.20. The van der Waals surface area contributed by atoms with Gasteiger partial charge in [-0.1, -0.05) is 17.7 Å². The summed E-state index contributed by atoms with van der Waals surface area (Å²) in [6.07, 6.45) is 3.40. The number of rotatable bonds is 5. The van der Waals surface area contributed by atoms with Gasteiger partial charge in [0, 0.05) is 6.07 Å². The van der Waals surface area contributed by atoms with Crippen LogP contribution >= 0.6 is 11.6 Å². The molecule has 0 spiro atoms. The minimum Gasteiger partial charge on any atom is -0.497 e. The van der Waals surface area contributed by atoms with E-state index in [0.717, 1.165) is 18.6 Å². The third kappa shape index (κ3) is 3.77. The van der Waals surface area contributed by atoms with Crippen LogP contribution in [0.5, 0.6) is 11.5 Å². The zero-order valence-corrected chi connectivity index (χ0v) is 13.7. The number of aryl methyl sites for hydroxylation is 2. The topological polar surface area (TPSA) is 47.6 Å². The Kier molecular flexibility index (Phi) is 4.72. The van der Waals surface area contributed by atoms with E-state index in [1.807, 2.05) is 12.1 Å². The molecular weight excluding hydrogens is 314 g/mol. The van der Waals surface area contributed by atoms with Gasteiger partial charge in [-0.2, -0.15) is 0 Å². The molecule has 0 bridgehead atoms. The van der Waals surface area contributed by atoms with Gasteiger partial charge in [-0.25, -0.2) is 0 Å². The first-order valence-electron chi connectivity index (χ1n) is 7.54. The molecular formula is C18H18ClNO3. The predicted molar refractivity (Wildman–Crippen MR) is 90.6 cm³/mol. The Morgan fingerprint density at radius 1 is 1.13 bits per heavy atom. The summed E-state index contributed by atoms with van der Waals surface area (Å²) in [6.45, 7) is -0.0544. The Bertz CT molecular complexity index is 730. The third-order valence-electron chi connectivity index (χ3n) is 3.89. The molecule has 0 fully saturated rings. The number of hydrogen-bond donors (Lipinski definition) is 1. The number of ether oxygens (including phenoxy) is 2. The maximum Gasteiger partial charge on any atom is 0.262 e. The highest BCUT2D eigenvalue weighted by Gasteiger charge is 2.12. The highest BCUT2D eigenvalue weighted by Crippen LogP contribution is 2.27. The molecule has 0 radical (unpaired) electrons. The van der Waals surface area contributed by atoms with Gasteiger partial charge in [0.15, 0.2) is 6.61 Å². The molecule has 5 heteroatoms. The van der Waals surface area contributed by atoms with E-state index >= 15 is 0 Å². The Morgan fingerprint density at radius 3 is 2.70 bits per heavy atom. The van der Waals surface area contributed by atoms with Crippen LogP contribution in [0, 0.1) is 0 Å².